The van der Waals surface area contributed by atoms with E-state index in [1.807, 2.05) is 26.0 Å². The molecule has 0 aliphatic rings. The standard InChI is InChI=1S/C14H17FN2O/c1-3-11-6-7-13(18-11)14(17-16)12-8-10(15)5-4-9(12)2/h4-8,14,17H,3,16H2,1-2H3. The van der Waals surface area contributed by atoms with Gasteiger partial charge in [0.2, 0.25) is 0 Å². The van der Waals surface area contributed by atoms with Gasteiger partial charge in [-0.1, -0.05) is 13.0 Å². The van der Waals surface area contributed by atoms with Crippen molar-refractivity contribution in [2.45, 2.75) is 26.3 Å². The van der Waals surface area contributed by atoms with Crippen molar-refractivity contribution < 1.29 is 8.81 Å². The highest BCUT2D eigenvalue weighted by Gasteiger charge is 2.18. The van der Waals surface area contributed by atoms with Crippen molar-refractivity contribution in [3.8, 4) is 0 Å². The lowest BCUT2D eigenvalue weighted by atomic mass is 10.00. The Morgan fingerprint density at radius 2 is 2.11 bits per heavy atom. The minimum Gasteiger partial charge on any atom is -0.464 e. The molecule has 0 amide bonds. The molecular weight excluding hydrogens is 231 g/mol. The van der Waals surface area contributed by atoms with Crippen molar-refractivity contribution in [1.82, 2.24) is 5.43 Å². The Bertz CT molecular complexity index is 536. The van der Waals surface area contributed by atoms with Crippen molar-refractivity contribution in [2.75, 3.05) is 0 Å². The Morgan fingerprint density at radius 3 is 2.72 bits per heavy atom. The lowest BCUT2D eigenvalue weighted by Crippen LogP contribution is -2.29. The van der Waals surface area contributed by atoms with E-state index in [0.29, 0.717) is 5.76 Å². The molecule has 96 valence electrons. The van der Waals surface area contributed by atoms with E-state index in [2.05, 4.69) is 5.43 Å². The molecular formula is C14H17FN2O. The smallest absolute Gasteiger partial charge is 0.126 e. The summed E-state index contributed by atoms with van der Waals surface area (Å²) in [5.41, 5.74) is 4.43. The van der Waals surface area contributed by atoms with Crippen molar-refractivity contribution in [2.24, 2.45) is 5.84 Å². The first-order chi connectivity index (χ1) is 8.65. The Labute approximate surface area is 106 Å². The highest BCUT2D eigenvalue weighted by molar-refractivity contribution is 5.34. The second-order valence-electron chi connectivity index (χ2n) is 4.26. The number of furan rings is 1. The van der Waals surface area contributed by atoms with Gasteiger partial charge >= 0.3 is 0 Å². The van der Waals surface area contributed by atoms with Gasteiger partial charge in [-0.3, -0.25) is 5.84 Å². The number of nitrogens with two attached hydrogens (primary N) is 1. The van der Waals surface area contributed by atoms with Gasteiger partial charge in [0, 0.05) is 6.42 Å². The van der Waals surface area contributed by atoms with Gasteiger partial charge in [0.05, 0.1) is 0 Å². The fourth-order valence-electron chi connectivity index (χ4n) is 1.99. The maximum atomic E-state index is 13.3. The predicted molar refractivity (Wildman–Crippen MR) is 68.4 cm³/mol. The SMILES string of the molecule is CCc1ccc(C(NN)c2cc(F)ccc2C)o1. The molecule has 0 spiro atoms. The van der Waals surface area contributed by atoms with Gasteiger partial charge in [-0.25, -0.2) is 9.82 Å². The van der Waals surface area contributed by atoms with Crippen LogP contribution in [0.2, 0.25) is 0 Å². The van der Waals surface area contributed by atoms with Crippen LogP contribution in [-0.2, 0) is 6.42 Å². The van der Waals surface area contributed by atoms with E-state index in [4.69, 9.17) is 10.3 Å². The first kappa shape index (κ1) is 12.8. The van der Waals surface area contributed by atoms with Gasteiger partial charge in [0.1, 0.15) is 23.4 Å². The third-order valence-electron chi connectivity index (χ3n) is 3.03. The Kier molecular flexibility index (Phi) is 3.79. The average Bonchev–Trinajstić information content (AvgIpc) is 2.83. The fourth-order valence-corrected chi connectivity index (χ4v) is 1.99. The zero-order valence-electron chi connectivity index (χ0n) is 10.5. The van der Waals surface area contributed by atoms with E-state index in [9.17, 15) is 4.39 Å². The molecule has 3 nitrogen and oxygen atoms in total. The third kappa shape index (κ3) is 2.44. The molecule has 1 heterocycles. The van der Waals surface area contributed by atoms with Gasteiger partial charge in [-0.2, -0.15) is 0 Å². The summed E-state index contributed by atoms with van der Waals surface area (Å²) in [6.07, 6.45) is 0.819. The molecule has 1 atom stereocenters. The highest BCUT2D eigenvalue weighted by Crippen LogP contribution is 2.26. The normalized spacial score (nSPS) is 12.7. The minimum atomic E-state index is -0.332. The van der Waals surface area contributed by atoms with Gasteiger partial charge in [-0.05, 0) is 42.3 Å². The zero-order chi connectivity index (χ0) is 13.1. The lowest BCUT2D eigenvalue weighted by molar-refractivity contribution is 0.424. The molecule has 0 saturated carbocycles. The number of hydrogen-bond acceptors (Lipinski definition) is 3. The second kappa shape index (κ2) is 5.33. The number of hydrazine groups is 1. The summed E-state index contributed by atoms with van der Waals surface area (Å²) in [6, 6.07) is 8.10. The molecule has 18 heavy (non-hydrogen) atoms. The van der Waals surface area contributed by atoms with Crippen LogP contribution in [-0.4, -0.2) is 0 Å². The molecule has 1 aromatic heterocycles. The maximum Gasteiger partial charge on any atom is 0.126 e. The van der Waals surface area contributed by atoms with Crippen LogP contribution in [0, 0.1) is 12.7 Å². The summed E-state index contributed by atoms with van der Waals surface area (Å²) in [4.78, 5) is 0. The van der Waals surface area contributed by atoms with Crippen LogP contribution in [0.1, 0.15) is 35.6 Å². The number of halogens is 1. The first-order valence-corrected chi connectivity index (χ1v) is 5.96. The minimum absolute atomic E-state index is 0.280. The predicted octanol–water partition coefficient (Wildman–Crippen LogP) is 2.84. The topological polar surface area (TPSA) is 51.2 Å². The van der Waals surface area contributed by atoms with Crippen molar-refractivity contribution in [1.29, 1.82) is 0 Å². The third-order valence-corrected chi connectivity index (χ3v) is 3.03. The summed E-state index contributed by atoms with van der Waals surface area (Å²) < 4.78 is 19.0. The van der Waals surface area contributed by atoms with E-state index < -0.39 is 0 Å². The Hall–Kier alpha value is -1.65. The quantitative estimate of drug-likeness (QED) is 0.646. The largest absolute Gasteiger partial charge is 0.464 e. The fraction of sp³-hybridized carbons (Fsp3) is 0.286. The molecule has 1 aromatic carbocycles. The van der Waals surface area contributed by atoms with Gasteiger partial charge in [0.15, 0.2) is 0 Å². The van der Waals surface area contributed by atoms with E-state index in [1.165, 1.54) is 12.1 Å². The van der Waals surface area contributed by atoms with Crippen LogP contribution in [0.4, 0.5) is 4.39 Å². The molecule has 0 bridgehead atoms. The second-order valence-corrected chi connectivity index (χ2v) is 4.26. The molecule has 0 aliphatic carbocycles. The molecule has 2 rings (SSSR count). The maximum absolute atomic E-state index is 13.3. The summed E-state index contributed by atoms with van der Waals surface area (Å²) >= 11 is 0. The van der Waals surface area contributed by atoms with Crippen LogP contribution in [0.3, 0.4) is 0 Å². The molecule has 0 radical (unpaired) electrons. The molecule has 1 unspecified atom stereocenters. The van der Waals surface area contributed by atoms with E-state index in [0.717, 1.165) is 23.3 Å². The first-order valence-electron chi connectivity index (χ1n) is 5.96. The Morgan fingerprint density at radius 1 is 1.33 bits per heavy atom. The van der Waals surface area contributed by atoms with Gasteiger partial charge in [0.25, 0.3) is 0 Å². The van der Waals surface area contributed by atoms with Crippen molar-refractivity contribution in [3.63, 3.8) is 0 Å². The van der Waals surface area contributed by atoms with Crippen molar-refractivity contribution >= 4 is 0 Å². The zero-order valence-corrected chi connectivity index (χ0v) is 10.5. The molecule has 0 fully saturated rings. The summed E-state index contributed by atoms with van der Waals surface area (Å²) in [7, 11) is 0. The summed E-state index contributed by atoms with van der Waals surface area (Å²) in [6.45, 7) is 3.93. The van der Waals surface area contributed by atoms with Crippen molar-refractivity contribution in [3.05, 3.63) is 58.8 Å². The summed E-state index contributed by atoms with van der Waals surface area (Å²) in [5.74, 6) is 6.88. The van der Waals surface area contributed by atoms with E-state index >= 15 is 0 Å². The number of rotatable bonds is 4. The van der Waals surface area contributed by atoms with Crippen LogP contribution in [0.15, 0.2) is 34.7 Å². The van der Waals surface area contributed by atoms with E-state index in [1.54, 1.807) is 6.07 Å². The molecule has 4 heteroatoms. The number of nitrogens with one attached hydrogen (secondary N) is 1. The highest BCUT2D eigenvalue weighted by atomic mass is 19.1. The van der Waals surface area contributed by atoms with Crippen LogP contribution in [0.5, 0.6) is 0 Å². The number of hydrogen-bond donors (Lipinski definition) is 2. The van der Waals surface area contributed by atoms with Crippen LogP contribution < -0.4 is 11.3 Å². The average molecular weight is 248 g/mol. The number of benzene rings is 1. The van der Waals surface area contributed by atoms with Gasteiger partial charge < -0.3 is 4.42 Å². The van der Waals surface area contributed by atoms with Gasteiger partial charge in [-0.15, -0.1) is 0 Å². The molecule has 3 N–H and O–H groups in total. The van der Waals surface area contributed by atoms with Crippen LogP contribution in [0.25, 0.3) is 0 Å². The molecule has 2 aromatic rings. The number of aryl methyl sites for hydroxylation is 2. The van der Waals surface area contributed by atoms with Crippen LogP contribution >= 0.6 is 0 Å². The molecule has 0 aliphatic heterocycles. The molecule has 0 saturated heterocycles. The monoisotopic (exact) mass is 248 g/mol. The Balaban J connectivity index is 2.41. The summed E-state index contributed by atoms with van der Waals surface area (Å²) in [5, 5.41) is 0. The lowest BCUT2D eigenvalue weighted by Gasteiger charge is -2.16. The van der Waals surface area contributed by atoms with E-state index in [-0.39, 0.29) is 11.9 Å².